The van der Waals surface area contributed by atoms with Crippen molar-refractivity contribution in [2.24, 2.45) is 16.8 Å². The molecule has 1 aromatic rings. The number of halogens is 3. The van der Waals surface area contributed by atoms with Crippen LogP contribution in [0, 0.1) is 11.8 Å². The van der Waals surface area contributed by atoms with Crippen molar-refractivity contribution in [3.05, 3.63) is 41.5 Å². The molecule has 1 aromatic carbocycles. The minimum absolute atomic E-state index is 0.0927. The van der Waals surface area contributed by atoms with E-state index < -0.39 is 11.7 Å². The maximum absolute atomic E-state index is 13.0. The highest BCUT2D eigenvalue weighted by Gasteiger charge is 2.30. The van der Waals surface area contributed by atoms with E-state index in [-0.39, 0.29) is 5.91 Å². The fourth-order valence-electron chi connectivity index (χ4n) is 3.84. The van der Waals surface area contributed by atoms with Crippen molar-refractivity contribution in [3.63, 3.8) is 0 Å². The number of carbonyl (C=O) groups is 1. The predicted molar refractivity (Wildman–Crippen MR) is 134 cm³/mol. The van der Waals surface area contributed by atoms with E-state index in [0.29, 0.717) is 29.5 Å². The number of allylic oxidation sites excluding steroid dienone is 1. The van der Waals surface area contributed by atoms with Crippen LogP contribution >= 0.6 is 0 Å². The van der Waals surface area contributed by atoms with Crippen molar-refractivity contribution in [1.82, 2.24) is 5.32 Å². The first-order chi connectivity index (χ1) is 15.7. The quantitative estimate of drug-likeness (QED) is 0.402. The van der Waals surface area contributed by atoms with Crippen LogP contribution in [0.3, 0.4) is 0 Å². The highest BCUT2D eigenvalue weighted by Crippen LogP contribution is 2.34. The summed E-state index contributed by atoms with van der Waals surface area (Å²) in [5.74, 6) is 1.06. The number of alkyl halides is 3. The van der Waals surface area contributed by atoms with Crippen LogP contribution in [0.25, 0.3) is 5.70 Å². The smallest absolute Gasteiger partial charge is 0.356 e. The first-order valence-corrected chi connectivity index (χ1v) is 12.4. The zero-order valence-electron chi connectivity index (χ0n) is 21.5. The fraction of sp³-hybridized carbons (Fsp3) is 0.630. The van der Waals surface area contributed by atoms with Crippen LogP contribution in [0.15, 0.2) is 35.3 Å². The molecule has 0 unspecified atom stereocenters. The Bertz CT molecular complexity index is 746. The predicted octanol–water partition coefficient (Wildman–Crippen LogP) is 8.30. The Balaban J connectivity index is 0.00000242. The first-order valence-electron chi connectivity index (χ1n) is 12.4. The van der Waals surface area contributed by atoms with E-state index in [0.717, 1.165) is 56.5 Å². The number of nitrogens with zero attached hydrogens (tertiary/aromatic N) is 1. The Labute approximate surface area is 199 Å². The summed E-state index contributed by atoms with van der Waals surface area (Å²) in [4.78, 5) is 16.0. The average molecular weight is 469 g/mol. The standard InChI is InChI=1S/C23H31F3N2O.2C2H6/c1-4-21(19-7-6-8-20(15-19)23(24,25)26)28-16(3)18-11-9-17(10-12-18)13-14-27-22(29)5-2;2*1-2/h4,6-8,15,17-18H,5,9-14H2,1-3H3,(H,27,29);2*1-2H3/b21-4-,28-16?;;. The van der Waals surface area contributed by atoms with Crippen molar-refractivity contribution in [3.8, 4) is 0 Å². The molecule has 0 aromatic heterocycles. The van der Waals surface area contributed by atoms with Crippen molar-refractivity contribution >= 4 is 17.3 Å². The summed E-state index contributed by atoms with van der Waals surface area (Å²) in [5, 5.41) is 2.93. The van der Waals surface area contributed by atoms with Gasteiger partial charge in [-0.05, 0) is 69.9 Å². The van der Waals surface area contributed by atoms with E-state index in [4.69, 9.17) is 0 Å². The number of carbonyl (C=O) groups excluding carboxylic acids is 1. The minimum atomic E-state index is -4.36. The van der Waals surface area contributed by atoms with Gasteiger partial charge in [0.2, 0.25) is 5.91 Å². The lowest BCUT2D eigenvalue weighted by molar-refractivity contribution is -0.137. The largest absolute Gasteiger partial charge is 0.416 e. The molecule has 1 saturated carbocycles. The molecule has 1 aliphatic rings. The van der Waals surface area contributed by atoms with Crippen LogP contribution < -0.4 is 5.32 Å². The zero-order valence-corrected chi connectivity index (χ0v) is 21.5. The highest BCUT2D eigenvalue weighted by molar-refractivity contribution is 5.90. The van der Waals surface area contributed by atoms with Gasteiger partial charge in [0.05, 0.1) is 11.3 Å². The van der Waals surface area contributed by atoms with Gasteiger partial charge >= 0.3 is 6.18 Å². The lowest BCUT2D eigenvalue weighted by Gasteiger charge is -2.28. The third-order valence-electron chi connectivity index (χ3n) is 5.69. The molecular weight excluding hydrogens is 425 g/mol. The number of hydrogen-bond donors (Lipinski definition) is 1. The lowest BCUT2D eigenvalue weighted by atomic mass is 9.78. The minimum Gasteiger partial charge on any atom is -0.356 e. The molecule has 2 rings (SSSR count). The fourth-order valence-corrected chi connectivity index (χ4v) is 3.84. The number of hydrogen-bond acceptors (Lipinski definition) is 2. The van der Waals surface area contributed by atoms with Gasteiger partial charge in [0.15, 0.2) is 0 Å². The molecule has 0 saturated heterocycles. The number of aliphatic imine (C=N–C) groups is 1. The Kier molecular flexibility index (Phi) is 15.4. The number of amides is 1. The number of nitrogens with one attached hydrogen (secondary N) is 1. The average Bonchev–Trinajstić information content (AvgIpc) is 2.84. The normalized spacial score (nSPS) is 19.0. The Hall–Kier alpha value is -2.11. The van der Waals surface area contributed by atoms with E-state index in [9.17, 15) is 18.0 Å². The molecule has 33 heavy (non-hydrogen) atoms. The van der Waals surface area contributed by atoms with Crippen LogP contribution in [-0.4, -0.2) is 18.2 Å². The molecule has 1 N–H and O–H groups in total. The van der Waals surface area contributed by atoms with Crippen molar-refractivity contribution < 1.29 is 18.0 Å². The van der Waals surface area contributed by atoms with Crippen LogP contribution in [0.5, 0.6) is 0 Å². The molecule has 0 bridgehead atoms. The monoisotopic (exact) mass is 468 g/mol. The van der Waals surface area contributed by atoms with Gasteiger partial charge in [-0.3, -0.25) is 9.79 Å². The topological polar surface area (TPSA) is 41.5 Å². The Morgan fingerprint density at radius 3 is 2.24 bits per heavy atom. The summed E-state index contributed by atoms with van der Waals surface area (Å²) < 4.78 is 39.0. The third kappa shape index (κ3) is 11.0. The molecular formula is C27H43F3N2O. The SMILES string of the molecule is C/C=C(\N=C(C)C1CCC(CCNC(=O)CC)CC1)c1cccc(C(F)(F)F)c1.CC.CC. The second-order valence-electron chi connectivity index (χ2n) is 7.72. The molecule has 0 heterocycles. The van der Waals surface area contributed by atoms with E-state index in [2.05, 4.69) is 10.3 Å². The zero-order chi connectivity index (χ0) is 25.4. The Morgan fingerprint density at radius 1 is 1.12 bits per heavy atom. The molecule has 1 amide bonds. The number of benzene rings is 1. The summed E-state index contributed by atoms with van der Waals surface area (Å²) in [6.07, 6.45) is 3.16. The molecule has 1 fully saturated rings. The van der Waals surface area contributed by atoms with Crippen molar-refractivity contribution in [1.29, 1.82) is 0 Å². The Morgan fingerprint density at radius 2 is 1.73 bits per heavy atom. The second-order valence-corrected chi connectivity index (χ2v) is 7.72. The second kappa shape index (κ2) is 16.5. The van der Waals surface area contributed by atoms with Gasteiger partial charge in [-0.1, -0.05) is 52.8 Å². The molecule has 188 valence electrons. The molecule has 0 spiro atoms. The van der Waals surface area contributed by atoms with Gasteiger partial charge in [0, 0.05) is 24.2 Å². The maximum atomic E-state index is 13.0. The van der Waals surface area contributed by atoms with E-state index in [1.165, 1.54) is 6.07 Å². The van der Waals surface area contributed by atoms with Crippen molar-refractivity contribution in [2.75, 3.05) is 6.54 Å². The van der Waals surface area contributed by atoms with Crippen LogP contribution in [0.1, 0.15) is 98.1 Å². The van der Waals surface area contributed by atoms with Gasteiger partial charge < -0.3 is 5.32 Å². The van der Waals surface area contributed by atoms with E-state index in [1.807, 2.05) is 41.5 Å². The molecule has 3 nitrogen and oxygen atoms in total. The molecule has 6 heteroatoms. The highest BCUT2D eigenvalue weighted by atomic mass is 19.4. The van der Waals surface area contributed by atoms with Crippen LogP contribution in [-0.2, 0) is 11.0 Å². The summed E-state index contributed by atoms with van der Waals surface area (Å²) in [5.41, 5.74) is 1.39. The summed E-state index contributed by atoms with van der Waals surface area (Å²) in [7, 11) is 0. The van der Waals surface area contributed by atoms with Gasteiger partial charge in [-0.2, -0.15) is 13.2 Å². The van der Waals surface area contributed by atoms with Crippen LogP contribution in [0.2, 0.25) is 0 Å². The van der Waals surface area contributed by atoms with Gasteiger partial charge in [-0.25, -0.2) is 0 Å². The first kappa shape index (κ1) is 30.9. The van der Waals surface area contributed by atoms with Gasteiger partial charge in [0.25, 0.3) is 0 Å². The molecule has 1 aliphatic carbocycles. The summed E-state index contributed by atoms with van der Waals surface area (Å²) in [6, 6.07) is 5.34. The third-order valence-corrected chi connectivity index (χ3v) is 5.69. The molecule has 0 aliphatic heterocycles. The van der Waals surface area contributed by atoms with E-state index >= 15 is 0 Å². The lowest BCUT2D eigenvalue weighted by Crippen LogP contribution is -2.27. The summed E-state index contributed by atoms with van der Waals surface area (Å²) >= 11 is 0. The van der Waals surface area contributed by atoms with Crippen molar-refractivity contribution in [2.45, 2.75) is 93.2 Å². The molecule has 0 radical (unpaired) electrons. The van der Waals surface area contributed by atoms with Gasteiger partial charge in [-0.15, -0.1) is 0 Å². The maximum Gasteiger partial charge on any atom is 0.416 e. The van der Waals surface area contributed by atoms with Gasteiger partial charge in [0.1, 0.15) is 0 Å². The van der Waals surface area contributed by atoms with Crippen LogP contribution in [0.4, 0.5) is 13.2 Å². The molecule has 0 atom stereocenters. The van der Waals surface area contributed by atoms with E-state index in [1.54, 1.807) is 19.1 Å². The number of rotatable bonds is 7. The summed E-state index contributed by atoms with van der Waals surface area (Å²) in [6.45, 7) is 14.4.